The third-order valence-electron chi connectivity index (χ3n) is 3.74. The molecule has 1 amide bonds. The van der Waals surface area contributed by atoms with Crippen LogP contribution in [0.15, 0.2) is 0 Å². The molecule has 16 heavy (non-hydrogen) atoms. The second-order valence-corrected chi connectivity index (χ2v) is 4.83. The summed E-state index contributed by atoms with van der Waals surface area (Å²) in [5, 5.41) is 6.32. The fourth-order valence-corrected chi connectivity index (χ4v) is 2.90. The van der Waals surface area contributed by atoms with E-state index in [2.05, 4.69) is 17.6 Å². The van der Waals surface area contributed by atoms with E-state index in [1.807, 2.05) is 0 Å². The maximum absolute atomic E-state index is 11.7. The summed E-state index contributed by atoms with van der Waals surface area (Å²) in [5.74, 6) is 2.18. The first-order chi connectivity index (χ1) is 7.34. The van der Waals surface area contributed by atoms with E-state index in [0.29, 0.717) is 11.8 Å². The molecule has 2 aliphatic rings. The number of hydrogen-bond acceptors (Lipinski definition) is 2. The van der Waals surface area contributed by atoms with Gasteiger partial charge in [-0.1, -0.05) is 13.3 Å². The SMILES string of the molecule is CCCNCCNC(=O)C1C2CCCC21.Cl. The van der Waals surface area contributed by atoms with Crippen molar-refractivity contribution in [3.05, 3.63) is 0 Å². The summed E-state index contributed by atoms with van der Waals surface area (Å²) in [5.41, 5.74) is 0. The van der Waals surface area contributed by atoms with Gasteiger partial charge in [-0.15, -0.1) is 12.4 Å². The van der Waals surface area contributed by atoms with Gasteiger partial charge in [-0.2, -0.15) is 0 Å². The standard InChI is InChI=1S/C12H22N2O.ClH/c1-2-6-13-7-8-14-12(15)11-9-4-3-5-10(9)11;/h9-11,13H,2-8H2,1H3,(H,14,15);1H. The molecule has 0 radical (unpaired) electrons. The van der Waals surface area contributed by atoms with Crippen LogP contribution in [0.5, 0.6) is 0 Å². The lowest BCUT2D eigenvalue weighted by atomic mass is 10.1. The summed E-state index contributed by atoms with van der Waals surface area (Å²) in [4.78, 5) is 11.7. The zero-order chi connectivity index (χ0) is 10.7. The minimum Gasteiger partial charge on any atom is -0.355 e. The minimum absolute atomic E-state index is 0. The van der Waals surface area contributed by atoms with Crippen molar-refractivity contribution < 1.29 is 4.79 Å². The molecule has 0 spiro atoms. The number of hydrogen-bond donors (Lipinski definition) is 2. The molecule has 0 bridgehead atoms. The van der Waals surface area contributed by atoms with E-state index in [1.165, 1.54) is 19.3 Å². The highest BCUT2D eigenvalue weighted by Crippen LogP contribution is 2.57. The van der Waals surface area contributed by atoms with Gasteiger partial charge >= 0.3 is 0 Å². The average molecular weight is 247 g/mol. The third-order valence-corrected chi connectivity index (χ3v) is 3.74. The van der Waals surface area contributed by atoms with E-state index in [9.17, 15) is 4.79 Å². The van der Waals surface area contributed by atoms with Crippen LogP contribution in [0.2, 0.25) is 0 Å². The van der Waals surface area contributed by atoms with Gasteiger partial charge in [0.05, 0.1) is 0 Å². The minimum atomic E-state index is 0. The van der Waals surface area contributed by atoms with Gasteiger partial charge in [-0.25, -0.2) is 0 Å². The van der Waals surface area contributed by atoms with E-state index in [1.54, 1.807) is 0 Å². The monoisotopic (exact) mass is 246 g/mol. The summed E-state index contributed by atoms with van der Waals surface area (Å²) >= 11 is 0. The van der Waals surface area contributed by atoms with Gasteiger partial charge in [-0.05, 0) is 37.6 Å². The van der Waals surface area contributed by atoms with Crippen LogP contribution in [0.3, 0.4) is 0 Å². The third kappa shape index (κ3) is 3.11. The Morgan fingerprint density at radius 3 is 2.50 bits per heavy atom. The van der Waals surface area contributed by atoms with Crippen LogP contribution >= 0.6 is 12.4 Å². The molecule has 2 aliphatic carbocycles. The summed E-state index contributed by atoms with van der Waals surface area (Å²) in [6.45, 7) is 4.89. The van der Waals surface area contributed by atoms with Crippen molar-refractivity contribution in [2.24, 2.45) is 17.8 Å². The second kappa shape index (κ2) is 6.45. The molecule has 0 heterocycles. The highest BCUT2D eigenvalue weighted by atomic mass is 35.5. The first-order valence-electron chi connectivity index (χ1n) is 6.33. The Hall–Kier alpha value is -0.280. The molecular weight excluding hydrogens is 224 g/mol. The Balaban J connectivity index is 0.00000128. The lowest BCUT2D eigenvalue weighted by Crippen LogP contribution is -2.33. The highest BCUT2D eigenvalue weighted by molar-refractivity contribution is 5.85. The van der Waals surface area contributed by atoms with E-state index >= 15 is 0 Å². The molecule has 94 valence electrons. The van der Waals surface area contributed by atoms with Crippen LogP contribution in [-0.2, 0) is 4.79 Å². The fourth-order valence-electron chi connectivity index (χ4n) is 2.90. The average Bonchev–Trinajstić information content (AvgIpc) is 2.72. The number of nitrogens with one attached hydrogen (secondary N) is 2. The van der Waals surface area contributed by atoms with Gasteiger partial charge < -0.3 is 10.6 Å². The van der Waals surface area contributed by atoms with E-state index in [0.717, 1.165) is 37.9 Å². The molecule has 0 aromatic carbocycles. The summed E-state index contributed by atoms with van der Waals surface area (Å²) < 4.78 is 0. The van der Waals surface area contributed by atoms with Crippen molar-refractivity contribution in [3.63, 3.8) is 0 Å². The lowest BCUT2D eigenvalue weighted by molar-refractivity contribution is -0.123. The summed E-state index contributed by atoms with van der Waals surface area (Å²) in [7, 11) is 0. The largest absolute Gasteiger partial charge is 0.355 e. The molecule has 0 aromatic rings. The van der Waals surface area contributed by atoms with Crippen LogP contribution < -0.4 is 10.6 Å². The second-order valence-electron chi connectivity index (χ2n) is 4.83. The molecule has 2 unspecified atom stereocenters. The number of halogens is 1. The predicted octanol–water partition coefficient (Wildman–Crippen LogP) is 1.57. The maximum Gasteiger partial charge on any atom is 0.223 e. The molecule has 2 atom stereocenters. The Morgan fingerprint density at radius 1 is 1.19 bits per heavy atom. The quantitative estimate of drug-likeness (QED) is 0.699. The Labute approximate surface area is 104 Å². The van der Waals surface area contributed by atoms with Crippen LogP contribution in [0.25, 0.3) is 0 Å². The van der Waals surface area contributed by atoms with Crippen LogP contribution in [0.4, 0.5) is 0 Å². The van der Waals surface area contributed by atoms with Gasteiger partial charge in [0.25, 0.3) is 0 Å². The fraction of sp³-hybridized carbons (Fsp3) is 0.917. The van der Waals surface area contributed by atoms with Gasteiger partial charge in [-0.3, -0.25) is 4.79 Å². The smallest absolute Gasteiger partial charge is 0.223 e. The van der Waals surface area contributed by atoms with E-state index in [4.69, 9.17) is 0 Å². The maximum atomic E-state index is 11.7. The molecular formula is C12H23ClN2O. The molecule has 0 aromatic heterocycles. The predicted molar refractivity (Wildman–Crippen MR) is 67.7 cm³/mol. The van der Waals surface area contributed by atoms with Gasteiger partial charge in [0, 0.05) is 19.0 Å². The highest BCUT2D eigenvalue weighted by Gasteiger charge is 2.56. The first kappa shape index (κ1) is 13.8. The van der Waals surface area contributed by atoms with Gasteiger partial charge in [0.15, 0.2) is 0 Å². The molecule has 2 rings (SSSR count). The zero-order valence-electron chi connectivity index (χ0n) is 10.00. The van der Waals surface area contributed by atoms with Crippen LogP contribution in [0, 0.1) is 17.8 Å². The van der Waals surface area contributed by atoms with E-state index in [-0.39, 0.29) is 12.4 Å². The number of carbonyl (C=O) groups excluding carboxylic acids is 1. The number of fused-ring (bicyclic) bond motifs is 1. The number of rotatable bonds is 6. The van der Waals surface area contributed by atoms with Gasteiger partial charge in [0.2, 0.25) is 5.91 Å². The van der Waals surface area contributed by atoms with Crippen molar-refractivity contribution in [2.75, 3.05) is 19.6 Å². The summed E-state index contributed by atoms with van der Waals surface area (Å²) in [6.07, 6.45) is 5.07. The topological polar surface area (TPSA) is 41.1 Å². The zero-order valence-corrected chi connectivity index (χ0v) is 10.8. The molecule has 0 saturated heterocycles. The lowest BCUT2D eigenvalue weighted by Gasteiger charge is -2.07. The number of amides is 1. The molecule has 0 aliphatic heterocycles. The Morgan fingerprint density at radius 2 is 1.88 bits per heavy atom. The molecule has 2 N–H and O–H groups in total. The van der Waals surface area contributed by atoms with Crippen LogP contribution in [-0.4, -0.2) is 25.5 Å². The molecule has 4 heteroatoms. The van der Waals surface area contributed by atoms with Crippen molar-refractivity contribution in [1.82, 2.24) is 10.6 Å². The molecule has 3 nitrogen and oxygen atoms in total. The van der Waals surface area contributed by atoms with Crippen molar-refractivity contribution in [1.29, 1.82) is 0 Å². The number of carbonyl (C=O) groups is 1. The normalized spacial score (nSPS) is 30.4. The van der Waals surface area contributed by atoms with Crippen molar-refractivity contribution >= 4 is 18.3 Å². The van der Waals surface area contributed by atoms with Crippen LogP contribution in [0.1, 0.15) is 32.6 Å². The Kier molecular flexibility index (Phi) is 5.56. The Bertz CT molecular complexity index is 225. The van der Waals surface area contributed by atoms with Crippen molar-refractivity contribution in [2.45, 2.75) is 32.6 Å². The first-order valence-corrected chi connectivity index (χ1v) is 6.33. The molecule has 2 fully saturated rings. The summed E-state index contributed by atoms with van der Waals surface area (Å²) in [6, 6.07) is 0. The van der Waals surface area contributed by atoms with Gasteiger partial charge in [0.1, 0.15) is 0 Å². The van der Waals surface area contributed by atoms with Crippen molar-refractivity contribution in [3.8, 4) is 0 Å². The van der Waals surface area contributed by atoms with E-state index < -0.39 is 0 Å². The molecule has 2 saturated carbocycles.